The van der Waals surface area contributed by atoms with Gasteiger partial charge in [0.1, 0.15) is 0 Å². The van der Waals surface area contributed by atoms with Crippen molar-refractivity contribution < 1.29 is 9.47 Å². The molecule has 1 rings (SSSR count). The third-order valence-electron chi connectivity index (χ3n) is 3.73. The number of benzene rings is 1. The Balaban J connectivity index is 2.77. The molecule has 126 valence electrons. The van der Waals surface area contributed by atoms with Gasteiger partial charge in [-0.3, -0.25) is 0 Å². The summed E-state index contributed by atoms with van der Waals surface area (Å²) in [5, 5.41) is 0. The van der Waals surface area contributed by atoms with Gasteiger partial charge >= 0.3 is 0 Å². The van der Waals surface area contributed by atoms with Crippen molar-refractivity contribution in [2.75, 3.05) is 31.2 Å². The van der Waals surface area contributed by atoms with E-state index in [1.54, 1.807) is 0 Å². The van der Waals surface area contributed by atoms with Crippen LogP contribution >= 0.6 is 0 Å². The predicted octanol–water partition coefficient (Wildman–Crippen LogP) is 5.16. The first kappa shape index (κ1) is 19.0. The molecular weight excluding hydrogens is 274 g/mol. The second kappa shape index (κ2) is 11.5. The van der Waals surface area contributed by atoms with E-state index in [0.29, 0.717) is 13.2 Å². The Morgan fingerprint density at radius 2 is 1.32 bits per heavy atom. The minimum Gasteiger partial charge on any atom is -0.372 e. The fraction of sp³-hybridized carbons (Fsp3) is 0.684. The summed E-state index contributed by atoms with van der Waals surface area (Å²) < 4.78 is 11.3. The van der Waals surface area contributed by atoms with Crippen LogP contribution in [0.4, 0.5) is 5.69 Å². The minimum atomic E-state index is -0.246. The molecule has 0 spiro atoms. The molecule has 1 aromatic rings. The summed E-state index contributed by atoms with van der Waals surface area (Å²) >= 11 is 0. The molecule has 0 aliphatic rings. The molecule has 0 radical (unpaired) electrons. The molecule has 1 aromatic carbocycles. The molecule has 0 bridgehead atoms. The molecule has 0 amide bonds. The van der Waals surface area contributed by atoms with E-state index in [-0.39, 0.29) is 6.29 Å². The van der Waals surface area contributed by atoms with Crippen molar-refractivity contribution in [3.63, 3.8) is 0 Å². The van der Waals surface area contributed by atoms with E-state index < -0.39 is 0 Å². The average Bonchev–Trinajstić information content (AvgIpc) is 2.55. The van der Waals surface area contributed by atoms with Crippen LogP contribution in [0.1, 0.15) is 65.2 Å². The number of nitrogens with zero attached hydrogens (tertiary/aromatic N) is 1. The molecule has 0 heterocycles. The smallest absolute Gasteiger partial charge is 0.183 e. The highest BCUT2D eigenvalue weighted by atomic mass is 16.7. The van der Waals surface area contributed by atoms with E-state index >= 15 is 0 Å². The summed E-state index contributed by atoms with van der Waals surface area (Å²) in [7, 11) is 0. The molecule has 0 fully saturated rings. The lowest BCUT2D eigenvalue weighted by atomic mass is 10.1. The van der Waals surface area contributed by atoms with E-state index in [0.717, 1.165) is 18.7 Å². The lowest BCUT2D eigenvalue weighted by Crippen LogP contribution is -2.25. The average molecular weight is 307 g/mol. The zero-order valence-electron chi connectivity index (χ0n) is 14.8. The number of unbranched alkanes of at least 4 members (excludes halogenated alkanes) is 2. The van der Waals surface area contributed by atoms with Gasteiger partial charge in [-0.05, 0) is 38.8 Å². The van der Waals surface area contributed by atoms with Crippen molar-refractivity contribution in [3.05, 3.63) is 29.8 Å². The molecule has 0 aliphatic heterocycles. The standard InChI is InChI=1S/C19H33NO2/c1-5-9-15-20(16-10-6-2)18-13-11-17(12-14-18)19(21-7-3)22-8-4/h11-14,19H,5-10,15-16H2,1-4H3. The number of hydrogen-bond acceptors (Lipinski definition) is 3. The van der Waals surface area contributed by atoms with Crippen LogP contribution in [-0.2, 0) is 9.47 Å². The Morgan fingerprint density at radius 3 is 1.73 bits per heavy atom. The molecule has 0 saturated carbocycles. The molecule has 0 aliphatic carbocycles. The van der Waals surface area contributed by atoms with Crippen LogP contribution in [0.15, 0.2) is 24.3 Å². The van der Waals surface area contributed by atoms with E-state index in [4.69, 9.17) is 9.47 Å². The maximum Gasteiger partial charge on any atom is 0.183 e. The van der Waals surface area contributed by atoms with Gasteiger partial charge < -0.3 is 14.4 Å². The van der Waals surface area contributed by atoms with E-state index in [1.807, 2.05) is 13.8 Å². The Kier molecular flexibility index (Phi) is 9.93. The third-order valence-corrected chi connectivity index (χ3v) is 3.73. The number of ether oxygens (including phenoxy) is 2. The first-order valence-corrected chi connectivity index (χ1v) is 8.84. The second-order valence-electron chi connectivity index (χ2n) is 5.53. The molecule has 0 atom stereocenters. The third kappa shape index (κ3) is 6.37. The van der Waals surface area contributed by atoms with Gasteiger partial charge in [-0.25, -0.2) is 0 Å². The zero-order chi connectivity index (χ0) is 16.2. The van der Waals surface area contributed by atoms with Crippen LogP contribution < -0.4 is 4.90 Å². The van der Waals surface area contributed by atoms with E-state index in [9.17, 15) is 0 Å². The van der Waals surface area contributed by atoms with E-state index in [1.165, 1.54) is 31.4 Å². The minimum absolute atomic E-state index is 0.246. The maximum atomic E-state index is 5.66. The quantitative estimate of drug-likeness (QED) is 0.498. The maximum absolute atomic E-state index is 5.66. The van der Waals surface area contributed by atoms with Crippen LogP contribution in [0.2, 0.25) is 0 Å². The summed E-state index contributed by atoms with van der Waals surface area (Å²) in [5.41, 5.74) is 2.40. The van der Waals surface area contributed by atoms with Crippen molar-refractivity contribution >= 4 is 5.69 Å². The Morgan fingerprint density at radius 1 is 0.818 bits per heavy atom. The Hall–Kier alpha value is -1.06. The Bertz CT molecular complexity index is 364. The lowest BCUT2D eigenvalue weighted by Gasteiger charge is -2.25. The van der Waals surface area contributed by atoms with Gasteiger partial charge in [0.2, 0.25) is 0 Å². The Labute approximate surface area is 136 Å². The first-order valence-electron chi connectivity index (χ1n) is 8.84. The highest BCUT2D eigenvalue weighted by molar-refractivity contribution is 5.47. The van der Waals surface area contributed by atoms with Gasteiger partial charge in [0.05, 0.1) is 0 Å². The van der Waals surface area contributed by atoms with Gasteiger partial charge in [-0.15, -0.1) is 0 Å². The van der Waals surface area contributed by atoms with Crippen LogP contribution in [-0.4, -0.2) is 26.3 Å². The highest BCUT2D eigenvalue weighted by Gasteiger charge is 2.12. The highest BCUT2D eigenvalue weighted by Crippen LogP contribution is 2.23. The van der Waals surface area contributed by atoms with Crippen LogP contribution in [0.25, 0.3) is 0 Å². The largest absolute Gasteiger partial charge is 0.372 e. The van der Waals surface area contributed by atoms with E-state index in [2.05, 4.69) is 43.0 Å². The molecule has 0 saturated heterocycles. The second-order valence-corrected chi connectivity index (χ2v) is 5.53. The fourth-order valence-electron chi connectivity index (χ4n) is 2.45. The monoisotopic (exact) mass is 307 g/mol. The molecular formula is C19H33NO2. The number of anilines is 1. The summed E-state index contributed by atoms with van der Waals surface area (Å²) in [6.07, 6.45) is 4.70. The molecule has 22 heavy (non-hydrogen) atoms. The number of rotatable bonds is 12. The van der Waals surface area contributed by atoms with Gasteiger partial charge in [0.15, 0.2) is 6.29 Å². The first-order chi connectivity index (χ1) is 10.8. The SMILES string of the molecule is CCCCN(CCCC)c1ccc(C(OCC)OCC)cc1. The lowest BCUT2D eigenvalue weighted by molar-refractivity contribution is -0.140. The molecule has 0 unspecified atom stereocenters. The number of hydrogen-bond donors (Lipinski definition) is 0. The van der Waals surface area contributed by atoms with Gasteiger partial charge in [-0.2, -0.15) is 0 Å². The fourth-order valence-corrected chi connectivity index (χ4v) is 2.45. The topological polar surface area (TPSA) is 21.7 Å². The molecule has 3 heteroatoms. The predicted molar refractivity (Wildman–Crippen MR) is 94.5 cm³/mol. The zero-order valence-corrected chi connectivity index (χ0v) is 14.8. The molecule has 0 aromatic heterocycles. The van der Waals surface area contributed by atoms with Gasteiger partial charge in [0.25, 0.3) is 0 Å². The summed E-state index contributed by atoms with van der Waals surface area (Å²) in [6.45, 7) is 12.1. The van der Waals surface area contributed by atoms with Crippen molar-refractivity contribution in [3.8, 4) is 0 Å². The van der Waals surface area contributed by atoms with Gasteiger partial charge in [-0.1, -0.05) is 38.8 Å². The summed E-state index contributed by atoms with van der Waals surface area (Å²) in [4.78, 5) is 2.49. The molecule has 0 N–H and O–H groups in total. The van der Waals surface area contributed by atoms with Gasteiger partial charge in [0, 0.05) is 37.6 Å². The van der Waals surface area contributed by atoms with Crippen molar-refractivity contribution in [1.82, 2.24) is 0 Å². The van der Waals surface area contributed by atoms with Crippen molar-refractivity contribution in [2.24, 2.45) is 0 Å². The van der Waals surface area contributed by atoms with Crippen LogP contribution in [0.5, 0.6) is 0 Å². The normalized spacial score (nSPS) is 11.1. The van der Waals surface area contributed by atoms with Crippen molar-refractivity contribution in [2.45, 2.75) is 59.7 Å². The summed E-state index contributed by atoms with van der Waals surface area (Å²) in [5.74, 6) is 0. The van der Waals surface area contributed by atoms with Crippen LogP contribution in [0, 0.1) is 0 Å². The van der Waals surface area contributed by atoms with Crippen LogP contribution in [0.3, 0.4) is 0 Å². The molecule has 3 nitrogen and oxygen atoms in total. The summed E-state index contributed by atoms with van der Waals surface area (Å²) in [6, 6.07) is 8.67. The van der Waals surface area contributed by atoms with Crippen molar-refractivity contribution in [1.29, 1.82) is 0 Å².